The number of amides is 1. The average molecular weight is 322 g/mol. The molecule has 0 atom stereocenters. The molecule has 0 aliphatic carbocycles. The molecule has 4 heteroatoms. The Morgan fingerprint density at radius 2 is 1.89 bits per heavy atom. The van der Waals surface area contributed by atoms with E-state index in [2.05, 4.69) is 21.2 Å². The molecule has 1 N–H and O–H groups in total. The van der Waals surface area contributed by atoms with Gasteiger partial charge in [0.05, 0.1) is 5.56 Å². The minimum atomic E-state index is -0.371. The van der Waals surface area contributed by atoms with Crippen LogP contribution in [0.15, 0.2) is 40.9 Å². The third-order valence-corrected chi connectivity index (χ3v) is 3.94. The molecular weight excluding hydrogens is 309 g/mol. The lowest BCUT2D eigenvalue weighted by Gasteiger charge is -2.10. The number of rotatable bonds is 2. The second-order valence-corrected chi connectivity index (χ2v) is 5.14. The van der Waals surface area contributed by atoms with Gasteiger partial charge in [-0.2, -0.15) is 0 Å². The van der Waals surface area contributed by atoms with E-state index >= 15 is 0 Å². The molecule has 0 spiro atoms. The molecule has 19 heavy (non-hydrogen) atoms. The maximum atomic E-state index is 13.2. The van der Waals surface area contributed by atoms with Gasteiger partial charge in [-0.05, 0) is 59.1 Å². The predicted molar refractivity (Wildman–Crippen MR) is 78.0 cm³/mol. The summed E-state index contributed by atoms with van der Waals surface area (Å²) in [6.07, 6.45) is 0. The fourth-order valence-electron chi connectivity index (χ4n) is 1.74. The van der Waals surface area contributed by atoms with Gasteiger partial charge in [-0.15, -0.1) is 0 Å². The molecule has 2 rings (SSSR count). The lowest BCUT2D eigenvalue weighted by molar-refractivity contribution is 0.102. The van der Waals surface area contributed by atoms with Gasteiger partial charge < -0.3 is 5.32 Å². The first-order valence-electron chi connectivity index (χ1n) is 5.81. The van der Waals surface area contributed by atoms with Gasteiger partial charge in [0.2, 0.25) is 0 Å². The lowest BCUT2D eigenvalue weighted by Crippen LogP contribution is -2.14. The maximum absolute atomic E-state index is 13.2. The molecule has 0 bridgehead atoms. The number of halogens is 2. The van der Waals surface area contributed by atoms with E-state index in [0.717, 1.165) is 15.6 Å². The fourth-order valence-corrected chi connectivity index (χ4v) is 2.19. The van der Waals surface area contributed by atoms with Crippen molar-refractivity contribution in [3.05, 3.63) is 63.4 Å². The van der Waals surface area contributed by atoms with Gasteiger partial charge in [0.15, 0.2) is 0 Å². The summed E-state index contributed by atoms with van der Waals surface area (Å²) in [6.45, 7) is 3.73. The molecule has 0 unspecified atom stereocenters. The Morgan fingerprint density at radius 1 is 1.16 bits per heavy atom. The quantitative estimate of drug-likeness (QED) is 0.869. The summed E-state index contributed by atoms with van der Waals surface area (Å²) in [4.78, 5) is 12.2. The third kappa shape index (κ3) is 3.01. The summed E-state index contributed by atoms with van der Waals surface area (Å²) in [7, 11) is 0. The molecule has 98 valence electrons. The van der Waals surface area contributed by atoms with E-state index in [9.17, 15) is 9.18 Å². The zero-order chi connectivity index (χ0) is 14.0. The van der Waals surface area contributed by atoms with E-state index < -0.39 is 0 Å². The van der Waals surface area contributed by atoms with Crippen LogP contribution in [-0.4, -0.2) is 5.91 Å². The van der Waals surface area contributed by atoms with Crippen LogP contribution >= 0.6 is 15.9 Å². The SMILES string of the molecule is Cc1ccc(F)cc1NC(=O)c1cccc(C)c1Br. The monoisotopic (exact) mass is 321 g/mol. The molecule has 0 aliphatic rings. The van der Waals surface area contributed by atoms with Gasteiger partial charge in [-0.3, -0.25) is 4.79 Å². The van der Waals surface area contributed by atoms with Crippen LogP contribution in [0.25, 0.3) is 0 Å². The Hall–Kier alpha value is -1.68. The summed E-state index contributed by atoms with van der Waals surface area (Å²) in [5, 5.41) is 2.73. The van der Waals surface area contributed by atoms with E-state index in [1.54, 1.807) is 12.1 Å². The number of carbonyl (C=O) groups excluding carboxylic acids is 1. The van der Waals surface area contributed by atoms with Crippen LogP contribution in [0.5, 0.6) is 0 Å². The van der Waals surface area contributed by atoms with Crippen LogP contribution in [0.1, 0.15) is 21.5 Å². The first-order valence-corrected chi connectivity index (χ1v) is 6.61. The second-order valence-electron chi connectivity index (χ2n) is 4.35. The summed E-state index contributed by atoms with van der Waals surface area (Å²) in [5.74, 6) is -0.631. The molecule has 0 saturated carbocycles. The van der Waals surface area contributed by atoms with Gasteiger partial charge in [0.25, 0.3) is 5.91 Å². The van der Waals surface area contributed by atoms with Crippen LogP contribution in [0, 0.1) is 19.7 Å². The van der Waals surface area contributed by atoms with E-state index in [1.165, 1.54) is 12.1 Å². The number of aryl methyl sites for hydroxylation is 2. The smallest absolute Gasteiger partial charge is 0.256 e. The number of benzene rings is 2. The topological polar surface area (TPSA) is 29.1 Å². The molecule has 0 radical (unpaired) electrons. The zero-order valence-electron chi connectivity index (χ0n) is 10.6. The normalized spacial score (nSPS) is 10.3. The maximum Gasteiger partial charge on any atom is 0.256 e. The van der Waals surface area contributed by atoms with Crippen molar-refractivity contribution in [3.8, 4) is 0 Å². The molecule has 2 aromatic rings. The first kappa shape index (κ1) is 13.7. The van der Waals surface area contributed by atoms with Gasteiger partial charge in [-0.1, -0.05) is 18.2 Å². The molecule has 0 heterocycles. The number of carbonyl (C=O) groups is 1. The van der Waals surface area contributed by atoms with E-state index in [4.69, 9.17) is 0 Å². The highest BCUT2D eigenvalue weighted by Gasteiger charge is 2.12. The molecule has 0 fully saturated rings. The van der Waals surface area contributed by atoms with Crippen molar-refractivity contribution in [3.63, 3.8) is 0 Å². The van der Waals surface area contributed by atoms with Gasteiger partial charge >= 0.3 is 0 Å². The Balaban J connectivity index is 2.31. The standard InChI is InChI=1S/C15H13BrFNO/c1-9-6-7-11(17)8-13(9)18-15(19)12-5-3-4-10(2)14(12)16/h3-8H,1-2H3,(H,18,19). The molecule has 0 aliphatic heterocycles. The van der Waals surface area contributed by atoms with Crippen LogP contribution in [0.3, 0.4) is 0 Å². The van der Waals surface area contributed by atoms with Crippen molar-refractivity contribution < 1.29 is 9.18 Å². The van der Waals surface area contributed by atoms with Crippen LogP contribution in [-0.2, 0) is 0 Å². The summed E-state index contributed by atoms with van der Waals surface area (Å²) < 4.78 is 13.9. The largest absolute Gasteiger partial charge is 0.322 e. The highest BCUT2D eigenvalue weighted by Crippen LogP contribution is 2.23. The number of hydrogen-bond donors (Lipinski definition) is 1. The second kappa shape index (κ2) is 5.53. The van der Waals surface area contributed by atoms with Crippen LogP contribution in [0.2, 0.25) is 0 Å². The highest BCUT2D eigenvalue weighted by molar-refractivity contribution is 9.10. The Morgan fingerprint density at radius 3 is 2.63 bits per heavy atom. The van der Waals surface area contributed by atoms with Crippen molar-refractivity contribution in [2.75, 3.05) is 5.32 Å². The van der Waals surface area contributed by atoms with E-state index in [1.807, 2.05) is 26.0 Å². The molecular formula is C15H13BrFNO. The van der Waals surface area contributed by atoms with Crippen molar-refractivity contribution in [2.45, 2.75) is 13.8 Å². The summed E-state index contributed by atoms with van der Waals surface area (Å²) in [6, 6.07) is 9.77. The first-order chi connectivity index (χ1) is 8.99. The molecule has 0 saturated heterocycles. The minimum absolute atomic E-state index is 0.260. The Labute approximate surface area is 119 Å². The molecule has 0 aromatic heterocycles. The molecule has 2 aromatic carbocycles. The summed E-state index contributed by atoms with van der Waals surface area (Å²) >= 11 is 3.39. The van der Waals surface area contributed by atoms with E-state index in [0.29, 0.717) is 11.3 Å². The fraction of sp³-hybridized carbons (Fsp3) is 0.133. The van der Waals surface area contributed by atoms with Gasteiger partial charge in [-0.25, -0.2) is 4.39 Å². The van der Waals surface area contributed by atoms with Crippen molar-refractivity contribution >= 4 is 27.5 Å². The molecule has 2 nitrogen and oxygen atoms in total. The van der Waals surface area contributed by atoms with Gasteiger partial charge in [0.1, 0.15) is 5.82 Å². The highest BCUT2D eigenvalue weighted by atomic mass is 79.9. The zero-order valence-corrected chi connectivity index (χ0v) is 12.2. The Bertz CT molecular complexity index is 640. The van der Waals surface area contributed by atoms with Crippen LogP contribution < -0.4 is 5.32 Å². The minimum Gasteiger partial charge on any atom is -0.322 e. The van der Waals surface area contributed by atoms with Crippen molar-refractivity contribution in [2.24, 2.45) is 0 Å². The third-order valence-electron chi connectivity index (χ3n) is 2.88. The Kier molecular flexibility index (Phi) is 4.00. The van der Waals surface area contributed by atoms with Gasteiger partial charge in [0, 0.05) is 10.2 Å². The number of nitrogens with one attached hydrogen (secondary N) is 1. The van der Waals surface area contributed by atoms with Crippen LogP contribution in [0.4, 0.5) is 10.1 Å². The van der Waals surface area contributed by atoms with Crippen molar-refractivity contribution in [1.29, 1.82) is 0 Å². The predicted octanol–water partition coefficient (Wildman–Crippen LogP) is 4.46. The summed E-state index contributed by atoms with van der Waals surface area (Å²) in [5.41, 5.74) is 2.81. The average Bonchev–Trinajstić information content (AvgIpc) is 2.37. The van der Waals surface area contributed by atoms with E-state index in [-0.39, 0.29) is 11.7 Å². The number of anilines is 1. The molecule has 1 amide bonds. The lowest BCUT2D eigenvalue weighted by atomic mass is 10.1. The van der Waals surface area contributed by atoms with Crippen molar-refractivity contribution in [1.82, 2.24) is 0 Å². The number of hydrogen-bond acceptors (Lipinski definition) is 1.